The first-order valence-electron chi connectivity index (χ1n) is 6.25. The van der Waals surface area contributed by atoms with Gasteiger partial charge in [0.15, 0.2) is 0 Å². The lowest BCUT2D eigenvalue weighted by atomic mass is 10.2. The van der Waals surface area contributed by atoms with Crippen molar-refractivity contribution in [1.82, 2.24) is 9.55 Å². The van der Waals surface area contributed by atoms with Gasteiger partial charge < -0.3 is 0 Å². The van der Waals surface area contributed by atoms with E-state index in [-0.39, 0.29) is 11.1 Å². The highest BCUT2D eigenvalue weighted by Crippen LogP contribution is 2.33. The van der Waals surface area contributed by atoms with E-state index in [1.807, 2.05) is 18.2 Å². The Morgan fingerprint density at radius 2 is 2.05 bits per heavy atom. The van der Waals surface area contributed by atoms with Crippen molar-refractivity contribution in [2.45, 2.75) is 12.3 Å². The van der Waals surface area contributed by atoms with Crippen LogP contribution in [0, 0.1) is 9.39 Å². The van der Waals surface area contributed by atoms with Crippen molar-refractivity contribution in [1.29, 1.82) is 0 Å². The number of halogens is 4. The maximum atomic E-state index is 14.3. The number of alkyl halides is 1. The van der Waals surface area contributed by atoms with Crippen LogP contribution < -0.4 is 0 Å². The van der Waals surface area contributed by atoms with Crippen molar-refractivity contribution in [3.05, 3.63) is 56.6 Å². The van der Waals surface area contributed by atoms with Gasteiger partial charge in [-0.2, -0.15) is 0 Å². The van der Waals surface area contributed by atoms with Crippen LogP contribution in [0.3, 0.4) is 0 Å². The number of benzene rings is 2. The summed E-state index contributed by atoms with van der Waals surface area (Å²) >= 11 is 14.6. The second-order valence-electron chi connectivity index (χ2n) is 4.62. The maximum Gasteiger partial charge on any atom is 0.148 e. The van der Waals surface area contributed by atoms with Crippen LogP contribution in [-0.4, -0.2) is 9.55 Å². The average Bonchev–Trinajstić information content (AvgIpc) is 2.77. The third-order valence-corrected chi connectivity index (χ3v) is 4.33. The van der Waals surface area contributed by atoms with Gasteiger partial charge in [-0.3, -0.25) is 4.57 Å². The van der Waals surface area contributed by atoms with Gasteiger partial charge >= 0.3 is 0 Å². The van der Waals surface area contributed by atoms with E-state index in [1.165, 1.54) is 6.07 Å². The Balaban J connectivity index is 2.42. The summed E-state index contributed by atoms with van der Waals surface area (Å²) in [5.74, 6) is 0.166. The van der Waals surface area contributed by atoms with Gasteiger partial charge in [0.25, 0.3) is 0 Å². The molecule has 0 amide bonds. The standard InChI is InChI=1S/C15H10Cl2FIN2/c1-8(16)15-20-12-7-9(19)5-6-13(12)21(15)14-10(17)3-2-4-11(14)18/h2-8H,1H3. The van der Waals surface area contributed by atoms with Gasteiger partial charge in [-0.15, -0.1) is 11.6 Å². The summed E-state index contributed by atoms with van der Waals surface area (Å²) in [6.45, 7) is 1.80. The van der Waals surface area contributed by atoms with Crippen LogP contribution in [0.5, 0.6) is 0 Å². The summed E-state index contributed by atoms with van der Waals surface area (Å²) in [5, 5.41) is -0.0443. The van der Waals surface area contributed by atoms with Gasteiger partial charge in [0.1, 0.15) is 17.3 Å². The zero-order valence-corrected chi connectivity index (χ0v) is 14.6. The fourth-order valence-electron chi connectivity index (χ4n) is 2.28. The first-order chi connectivity index (χ1) is 9.99. The lowest BCUT2D eigenvalue weighted by molar-refractivity contribution is 0.616. The number of nitrogens with zero attached hydrogens (tertiary/aromatic N) is 2. The molecule has 1 unspecified atom stereocenters. The Bertz CT molecular complexity index is 810. The quantitative estimate of drug-likeness (QED) is 0.372. The van der Waals surface area contributed by atoms with Crippen molar-refractivity contribution >= 4 is 56.8 Å². The molecular formula is C15H10Cl2FIN2. The topological polar surface area (TPSA) is 17.8 Å². The summed E-state index contributed by atoms with van der Waals surface area (Å²) in [6.07, 6.45) is 0. The molecule has 0 aliphatic rings. The van der Waals surface area contributed by atoms with Gasteiger partial charge in [-0.1, -0.05) is 17.7 Å². The maximum absolute atomic E-state index is 14.3. The van der Waals surface area contributed by atoms with Crippen molar-refractivity contribution in [3.63, 3.8) is 0 Å². The first kappa shape index (κ1) is 15.1. The van der Waals surface area contributed by atoms with Gasteiger partial charge in [0, 0.05) is 3.57 Å². The molecule has 0 N–H and O–H groups in total. The molecule has 0 aliphatic heterocycles. The number of hydrogen-bond acceptors (Lipinski definition) is 1. The average molecular weight is 435 g/mol. The Kier molecular flexibility index (Phi) is 4.12. The van der Waals surface area contributed by atoms with E-state index in [0.717, 1.165) is 14.6 Å². The Morgan fingerprint density at radius 3 is 2.71 bits per heavy atom. The summed E-state index contributed by atoms with van der Waals surface area (Å²) in [7, 11) is 0. The smallest absolute Gasteiger partial charge is 0.148 e. The van der Waals surface area contributed by atoms with E-state index in [2.05, 4.69) is 27.6 Å². The van der Waals surface area contributed by atoms with E-state index in [0.29, 0.717) is 10.8 Å². The van der Waals surface area contributed by atoms with Crippen LogP contribution in [0.2, 0.25) is 5.02 Å². The van der Waals surface area contributed by atoms with Crippen molar-refractivity contribution in [3.8, 4) is 5.69 Å². The largest absolute Gasteiger partial charge is 0.291 e. The number of fused-ring (bicyclic) bond motifs is 1. The molecule has 21 heavy (non-hydrogen) atoms. The number of para-hydroxylation sites is 1. The molecule has 0 bridgehead atoms. The Hall–Kier alpha value is -0.850. The third kappa shape index (κ3) is 2.64. The van der Waals surface area contributed by atoms with Crippen molar-refractivity contribution in [2.24, 2.45) is 0 Å². The minimum atomic E-state index is -0.404. The molecule has 0 aliphatic carbocycles. The Labute approximate surface area is 145 Å². The SMILES string of the molecule is CC(Cl)c1nc2cc(I)ccc2n1-c1c(F)cccc1Cl. The van der Waals surface area contributed by atoms with Crippen LogP contribution in [0.1, 0.15) is 18.1 Å². The molecule has 0 spiro atoms. The van der Waals surface area contributed by atoms with Crippen LogP contribution >= 0.6 is 45.8 Å². The number of hydrogen-bond donors (Lipinski definition) is 0. The normalized spacial score (nSPS) is 12.8. The molecule has 0 saturated carbocycles. The zero-order valence-electron chi connectivity index (χ0n) is 10.9. The summed E-state index contributed by atoms with van der Waals surface area (Å²) < 4.78 is 17.0. The fourth-order valence-corrected chi connectivity index (χ4v) is 3.15. The summed E-state index contributed by atoms with van der Waals surface area (Å²) in [5.41, 5.74) is 1.83. The number of imidazole rings is 1. The fraction of sp³-hybridized carbons (Fsp3) is 0.133. The minimum absolute atomic E-state index is 0.283. The summed E-state index contributed by atoms with van der Waals surface area (Å²) in [6, 6.07) is 10.4. The molecule has 1 aromatic heterocycles. The van der Waals surface area contributed by atoms with E-state index < -0.39 is 5.82 Å². The van der Waals surface area contributed by atoms with Crippen LogP contribution in [0.15, 0.2) is 36.4 Å². The highest BCUT2D eigenvalue weighted by Gasteiger charge is 2.20. The van der Waals surface area contributed by atoms with Crippen LogP contribution in [0.4, 0.5) is 4.39 Å². The molecule has 2 nitrogen and oxygen atoms in total. The van der Waals surface area contributed by atoms with Crippen molar-refractivity contribution < 1.29 is 4.39 Å². The molecule has 3 aromatic rings. The van der Waals surface area contributed by atoms with E-state index in [4.69, 9.17) is 23.2 Å². The van der Waals surface area contributed by atoms with Crippen molar-refractivity contribution in [2.75, 3.05) is 0 Å². The molecule has 1 heterocycles. The molecule has 108 valence electrons. The third-order valence-electron chi connectivity index (χ3n) is 3.16. The highest BCUT2D eigenvalue weighted by atomic mass is 127. The minimum Gasteiger partial charge on any atom is -0.291 e. The molecule has 2 aromatic carbocycles. The van der Waals surface area contributed by atoms with Crippen LogP contribution in [0.25, 0.3) is 16.7 Å². The van der Waals surface area contributed by atoms with Gasteiger partial charge in [0.2, 0.25) is 0 Å². The van der Waals surface area contributed by atoms with Crippen LogP contribution in [-0.2, 0) is 0 Å². The second kappa shape index (κ2) is 5.74. The molecule has 3 rings (SSSR count). The molecule has 6 heteroatoms. The van der Waals surface area contributed by atoms with Gasteiger partial charge in [-0.25, -0.2) is 9.37 Å². The first-order valence-corrected chi connectivity index (χ1v) is 8.14. The van der Waals surface area contributed by atoms with E-state index in [1.54, 1.807) is 23.6 Å². The van der Waals surface area contributed by atoms with Gasteiger partial charge in [0.05, 0.1) is 21.4 Å². The molecular weight excluding hydrogens is 425 g/mol. The molecule has 1 atom stereocenters. The lowest BCUT2D eigenvalue weighted by Gasteiger charge is -2.13. The molecule has 0 radical (unpaired) electrons. The second-order valence-corrected chi connectivity index (χ2v) is 6.93. The lowest BCUT2D eigenvalue weighted by Crippen LogP contribution is -2.05. The van der Waals surface area contributed by atoms with Gasteiger partial charge in [-0.05, 0) is 59.8 Å². The molecule has 0 fully saturated rings. The zero-order chi connectivity index (χ0) is 15.1. The predicted octanol–water partition coefficient (Wildman–Crippen LogP) is 5.72. The summed E-state index contributed by atoms with van der Waals surface area (Å²) in [4.78, 5) is 4.53. The van der Waals surface area contributed by atoms with E-state index in [9.17, 15) is 4.39 Å². The number of rotatable bonds is 2. The molecule has 0 saturated heterocycles. The highest BCUT2D eigenvalue weighted by molar-refractivity contribution is 14.1. The monoisotopic (exact) mass is 434 g/mol. The van der Waals surface area contributed by atoms with E-state index >= 15 is 0 Å². The number of aromatic nitrogens is 2. The predicted molar refractivity (Wildman–Crippen MR) is 93.0 cm³/mol. The Morgan fingerprint density at radius 1 is 1.29 bits per heavy atom.